The molecule has 0 bridgehead atoms. The molecule has 1 N–H and O–H groups in total. The lowest BCUT2D eigenvalue weighted by molar-refractivity contribution is 0.385. The highest BCUT2D eigenvalue weighted by atomic mass is 35.5. The minimum atomic E-state index is -3.58. The van der Waals surface area contributed by atoms with Crippen molar-refractivity contribution in [2.45, 2.75) is 17.9 Å². The number of nitrogens with one attached hydrogen (secondary N) is 1. The van der Waals surface area contributed by atoms with Gasteiger partial charge >= 0.3 is 0 Å². The van der Waals surface area contributed by atoms with Crippen LogP contribution in [0.5, 0.6) is 0 Å². The number of fused-ring (bicyclic) bond motifs is 1. The minimum absolute atomic E-state index is 0.148. The van der Waals surface area contributed by atoms with E-state index in [1.165, 1.54) is 22.5 Å². The van der Waals surface area contributed by atoms with Crippen molar-refractivity contribution in [2.75, 3.05) is 6.54 Å². The average molecular weight is 332 g/mol. The Kier molecular flexibility index (Phi) is 3.50. The molecule has 20 heavy (non-hydrogen) atoms. The van der Waals surface area contributed by atoms with Crippen molar-refractivity contribution in [1.29, 1.82) is 0 Å². The van der Waals surface area contributed by atoms with E-state index < -0.39 is 10.0 Å². The Morgan fingerprint density at radius 3 is 2.80 bits per heavy atom. The summed E-state index contributed by atoms with van der Waals surface area (Å²) < 4.78 is 26.6. The Morgan fingerprint density at radius 1 is 1.25 bits per heavy atom. The summed E-state index contributed by atoms with van der Waals surface area (Å²) in [4.78, 5) is 7.27. The quantitative estimate of drug-likeness (QED) is 0.919. The van der Waals surface area contributed by atoms with Gasteiger partial charge in [0, 0.05) is 13.0 Å². The Bertz CT molecular complexity index is 758. The van der Waals surface area contributed by atoms with Crippen LogP contribution in [0.4, 0.5) is 0 Å². The van der Waals surface area contributed by atoms with Gasteiger partial charge in [-0.25, -0.2) is 13.4 Å². The number of halogens is 2. The lowest BCUT2D eigenvalue weighted by atomic mass is 10.2. The topological polar surface area (TPSA) is 66.1 Å². The van der Waals surface area contributed by atoms with Gasteiger partial charge in [0.15, 0.2) is 0 Å². The Hall–Kier alpha value is -1.08. The molecule has 0 amide bonds. The summed E-state index contributed by atoms with van der Waals surface area (Å²) >= 11 is 11.7. The maximum absolute atomic E-state index is 12.6. The summed E-state index contributed by atoms with van der Waals surface area (Å²) in [6, 6.07) is 4.33. The third kappa shape index (κ3) is 2.33. The van der Waals surface area contributed by atoms with E-state index >= 15 is 0 Å². The normalized spacial score (nSPS) is 16.1. The predicted molar refractivity (Wildman–Crippen MR) is 76.3 cm³/mol. The molecule has 0 saturated carbocycles. The Labute approximate surface area is 126 Å². The van der Waals surface area contributed by atoms with Crippen molar-refractivity contribution < 1.29 is 8.42 Å². The van der Waals surface area contributed by atoms with Crippen LogP contribution >= 0.6 is 23.2 Å². The molecule has 0 fully saturated rings. The second-order valence-electron chi connectivity index (χ2n) is 4.49. The monoisotopic (exact) mass is 331 g/mol. The van der Waals surface area contributed by atoms with Gasteiger partial charge in [-0.1, -0.05) is 23.2 Å². The van der Waals surface area contributed by atoms with Crippen LogP contribution in [0, 0.1) is 0 Å². The highest BCUT2D eigenvalue weighted by molar-refractivity contribution is 7.89. The second-order valence-corrected chi connectivity index (χ2v) is 7.24. The van der Waals surface area contributed by atoms with E-state index in [1.54, 1.807) is 6.33 Å². The Morgan fingerprint density at radius 2 is 2.05 bits per heavy atom. The number of imidazole rings is 1. The van der Waals surface area contributed by atoms with E-state index in [-0.39, 0.29) is 16.5 Å². The molecular weight excluding hydrogens is 321 g/mol. The number of hydrogen-bond acceptors (Lipinski definition) is 3. The number of benzene rings is 1. The van der Waals surface area contributed by atoms with Crippen LogP contribution in [0.25, 0.3) is 0 Å². The first-order valence-corrected chi connectivity index (χ1v) is 8.14. The van der Waals surface area contributed by atoms with Crippen LogP contribution < -0.4 is 0 Å². The van der Waals surface area contributed by atoms with Crippen molar-refractivity contribution in [2.24, 2.45) is 0 Å². The number of H-pyrrole nitrogens is 1. The molecule has 0 unspecified atom stereocenters. The molecule has 1 aliphatic heterocycles. The van der Waals surface area contributed by atoms with Crippen LogP contribution in [-0.4, -0.2) is 29.2 Å². The molecule has 0 spiro atoms. The number of aromatic nitrogens is 2. The molecular formula is C12H11Cl2N3O2S. The van der Waals surface area contributed by atoms with Crippen LogP contribution in [-0.2, 0) is 23.0 Å². The summed E-state index contributed by atoms with van der Waals surface area (Å²) in [6.07, 6.45) is 2.18. The summed E-state index contributed by atoms with van der Waals surface area (Å²) in [6.45, 7) is 0.693. The van der Waals surface area contributed by atoms with Crippen molar-refractivity contribution in [3.8, 4) is 0 Å². The number of rotatable bonds is 2. The molecule has 2 aromatic rings. The zero-order valence-corrected chi connectivity index (χ0v) is 12.6. The first-order chi connectivity index (χ1) is 9.48. The second kappa shape index (κ2) is 5.04. The lowest BCUT2D eigenvalue weighted by Gasteiger charge is -2.25. The molecule has 3 rings (SSSR count). The fourth-order valence-electron chi connectivity index (χ4n) is 2.18. The number of aromatic amines is 1. The first kappa shape index (κ1) is 13.9. The molecule has 0 aliphatic carbocycles. The van der Waals surface area contributed by atoms with Crippen molar-refractivity contribution in [1.82, 2.24) is 14.3 Å². The SMILES string of the molecule is O=S(=O)(c1ccc(Cl)c(Cl)c1)N1CCc2nc[nH]c2C1. The van der Waals surface area contributed by atoms with E-state index in [2.05, 4.69) is 9.97 Å². The van der Waals surface area contributed by atoms with Gasteiger partial charge in [0.1, 0.15) is 0 Å². The summed E-state index contributed by atoms with van der Waals surface area (Å²) in [5.74, 6) is 0. The van der Waals surface area contributed by atoms with Gasteiger partial charge in [0.25, 0.3) is 0 Å². The maximum atomic E-state index is 12.6. The average Bonchev–Trinajstić information content (AvgIpc) is 2.89. The number of nitrogens with zero attached hydrogens (tertiary/aromatic N) is 2. The fourth-order valence-corrected chi connectivity index (χ4v) is 3.98. The van der Waals surface area contributed by atoms with Crippen LogP contribution in [0.3, 0.4) is 0 Å². The van der Waals surface area contributed by atoms with Crippen molar-refractivity contribution in [3.63, 3.8) is 0 Å². The summed E-state index contributed by atoms with van der Waals surface area (Å²) in [7, 11) is -3.58. The van der Waals surface area contributed by atoms with Gasteiger partial charge in [-0.15, -0.1) is 0 Å². The van der Waals surface area contributed by atoms with E-state index in [9.17, 15) is 8.42 Å². The molecule has 1 aromatic carbocycles. The molecule has 0 saturated heterocycles. The van der Waals surface area contributed by atoms with E-state index in [4.69, 9.17) is 23.2 Å². The predicted octanol–water partition coefficient (Wildman–Crippen LogP) is 2.46. The molecule has 5 nitrogen and oxygen atoms in total. The molecule has 1 aromatic heterocycles. The standard InChI is InChI=1S/C12H11Cl2N3O2S/c13-9-2-1-8(5-10(9)14)20(18,19)17-4-3-11-12(6-17)16-7-15-11/h1-2,5,7H,3-4,6H2,(H,15,16). The molecule has 0 radical (unpaired) electrons. The van der Waals surface area contributed by atoms with Gasteiger partial charge in [0.2, 0.25) is 10.0 Å². The van der Waals surface area contributed by atoms with Gasteiger partial charge in [-0.3, -0.25) is 0 Å². The van der Waals surface area contributed by atoms with Gasteiger partial charge in [0.05, 0.1) is 39.2 Å². The zero-order chi connectivity index (χ0) is 14.3. The number of sulfonamides is 1. The van der Waals surface area contributed by atoms with Crippen molar-refractivity contribution >= 4 is 33.2 Å². The molecule has 2 heterocycles. The largest absolute Gasteiger partial charge is 0.347 e. The molecule has 8 heteroatoms. The van der Waals surface area contributed by atoms with Crippen LogP contribution in [0.15, 0.2) is 29.4 Å². The summed E-state index contributed by atoms with van der Waals surface area (Å²) in [5.41, 5.74) is 1.76. The van der Waals surface area contributed by atoms with E-state index in [0.29, 0.717) is 18.0 Å². The summed E-state index contributed by atoms with van der Waals surface area (Å²) in [5, 5.41) is 0.562. The Balaban J connectivity index is 1.95. The van der Waals surface area contributed by atoms with Crippen LogP contribution in [0.1, 0.15) is 11.4 Å². The smallest absolute Gasteiger partial charge is 0.243 e. The molecule has 106 valence electrons. The van der Waals surface area contributed by atoms with Gasteiger partial charge in [-0.2, -0.15) is 4.31 Å². The van der Waals surface area contributed by atoms with Crippen LogP contribution in [0.2, 0.25) is 10.0 Å². The minimum Gasteiger partial charge on any atom is -0.347 e. The number of hydrogen-bond donors (Lipinski definition) is 1. The first-order valence-electron chi connectivity index (χ1n) is 5.95. The third-order valence-electron chi connectivity index (χ3n) is 3.27. The third-order valence-corrected chi connectivity index (χ3v) is 5.85. The zero-order valence-electron chi connectivity index (χ0n) is 10.3. The fraction of sp³-hybridized carbons (Fsp3) is 0.250. The maximum Gasteiger partial charge on any atom is 0.243 e. The van der Waals surface area contributed by atoms with E-state index in [1.807, 2.05) is 0 Å². The van der Waals surface area contributed by atoms with Gasteiger partial charge < -0.3 is 4.98 Å². The highest BCUT2D eigenvalue weighted by Gasteiger charge is 2.29. The van der Waals surface area contributed by atoms with Crippen molar-refractivity contribution in [3.05, 3.63) is 46.0 Å². The lowest BCUT2D eigenvalue weighted by Crippen LogP contribution is -2.36. The van der Waals surface area contributed by atoms with E-state index in [0.717, 1.165) is 11.4 Å². The molecule has 1 aliphatic rings. The molecule has 0 atom stereocenters. The van der Waals surface area contributed by atoms with Gasteiger partial charge in [-0.05, 0) is 18.2 Å². The highest BCUT2D eigenvalue weighted by Crippen LogP contribution is 2.28.